The monoisotopic (exact) mass is 430 g/mol. The third-order valence-corrected chi connectivity index (χ3v) is 5.05. The van der Waals surface area contributed by atoms with E-state index in [0.29, 0.717) is 23.4 Å². The Bertz CT molecular complexity index is 1450. The van der Waals surface area contributed by atoms with Crippen molar-refractivity contribution in [2.45, 2.75) is 13.5 Å². The van der Waals surface area contributed by atoms with Crippen LogP contribution in [0.15, 0.2) is 78.0 Å². The SMILES string of the molecule is CCOc1nn(-c2cccc3nn(-c4cccnc4)cc23)c(=O)n1Cc1ccccc1F. The maximum Gasteiger partial charge on any atom is 0.353 e. The van der Waals surface area contributed by atoms with E-state index in [4.69, 9.17) is 4.74 Å². The van der Waals surface area contributed by atoms with Gasteiger partial charge in [-0.05, 0) is 37.3 Å². The summed E-state index contributed by atoms with van der Waals surface area (Å²) in [5, 5.41) is 9.72. The van der Waals surface area contributed by atoms with E-state index >= 15 is 0 Å². The van der Waals surface area contributed by atoms with Crippen LogP contribution in [0.25, 0.3) is 22.3 Å². The van der Waals surface area contributed by atoms with Crippen LogP contribution in [0, 0.1) is 5.82 Å². The van der Waals surface area contributed by atoms with Gasteiger partial charge in [-0.25, -0.2) is 18.4 Å². The maximum absolute atomic E-state index is 14.2. The van der Waals surface area contributed by atoms with E-state index in [1.807, 2.05) is 24.4 Å². The minimum atomic E-state index is -0.432. The van der Waals surface area contributed by atoms with Gasteiger partial charge < -0.3 is 4.74 Å². The molecule has 0 aliphatic carbocycles. The molecule has 0 saturated carbocycles. The zero-order valence-electron chi connectivity index (χ0n) is 17.2. The molecule has 0 amide bonds. The molecule has 160 valence electrons. The highest BCUT2D eigenvalue weighted by molar-refractivity contribution is 5.87. The molecule has 3 heterocycles. The third-order valence-electron chi connectivity index (χ3n) is 5.05. The lowest BCUT2D eigenvalue weighted by atomic mass is 10.2. The molecule has 0 bridgehead atoms. The van der Waals surface area contributed by atoms with E-state index in [-0.39, 0.29) is 12.6 Å². The molecule has 0 unspecified atom stereocenters. The van der Waals surface area contributed by atoms with Gasteiger partial charge in [0.1, 0.15) is 5.82 Å². The van der Waals surface area contributed by atoms with Crippen molar-refractivity contribution >= 4 is 10.9 Å². The molecule has 0 aliphatic rings. The van der Waals surface area contributed by atoms with E-state index in [1.165, 1.54) is 15.3 Å². The minimum absolute atomic E-state index is 0.00572. The topological polar surface area (TPSA) is 79.8 Å². The van der Waals surface area contributed by atoms with Crippen molar-refractivity contribution < 1.29 is 9.13 Å². The molecule has 0 radical (unpaired) electrons. The van der Waals surface area contributed by atoms with Crippen molar-refractivity contribution in [1.29, 1.82) is 0 Å². The standard InChI is InChI=1S/C23H19FN6O2/c1-2-32-22-27-30(23(31)28(22)14-16-7-3-4-9-19(16)24)21-11-5-10-20-18(21)15-29(26-20)17-8-6-12-25-13-17/h3-13,15H,2,14H2,1H3. The Kier molecular flexibility index (Phi) is 4.98. The van der Waals surface area contributed by atoms with E-state index in [2.05, 4.69) is 15.2 Å². The van der Waals surface area contributed by atoms with Gasteiger partial charge in [0.2, 0.25) is 0 Å². The molecule has 0 atom stereocenters. The molecule has 32 heavy (non-hydrogen) atoms. The lowest BCUT2D eigenvalue weighted by Gasteiger charge is -2.06. The van der Waals surface area contributed by atoms with Gasteiger partial charge in [-0.15, -0.1) is 5.10 Å². The van der Waals surface area contributed by atoms with Crippen LogP contribution in [0.2, 0.25) is 0 Å². The summed E-state index contributed by atoms with van der Waals surface area (Å²) in [5.74, 6) is -0.394. The number of rotatable bonds is 6. The summed E-state index contributed by atoms with van der Waals surface area (Å²) in [6, 6.07) is 15.6. The van der Waals surface area contributed by atoms with Crippen molar-refractivity contribution in [2.24, 2.45) is 0 Å². The van der Waals surface area contributed by atoms with Crippen LogP contribution in [-0.2, 0) is 6.54 Å². The minimum Gasteiger partial charge on any atom is -0.464 e. The van der Waals surface area contributed by atoms with Gasteiger partial charge in [0.05, 0.1) is 36.2 Å². The molecule has 5 aromatic rings. The first-order valence-corrected chi connectivity index (χ1v) is 10.1. The molecule has 8 nitrogen and oxygen atoms in total. The Labute approximate surface area is 182 Å². The summed E-state index contributed by atoms with van der Waals surface area (Å²) < 4.78 is 24.1. The second-order valence-electron chi connectivity index (χ2n) is 7.08. The number of aromatic nitrogens is 6. The average Bonchev–Trinajstić information content (AvgIpc) is 3.38. The summed E-state index contributed by atoms with van der Waals surface area (Å²) in [6.07, 6.45) is 5.22. The molecule has 3 aromatic heterocycles. The Morgan fingerprint density at radius 1 is 1.03 bits per heavy atom. The molecule has 0 saturated heterocycles. The Morgan fingerprint density at radius 2 is 1.91 bits per heavy atom. The lowest BCUT2D eigenvalue weighted by molar-refractivity contribution is 0.296. The quantitative estimate of drug-likeness (QED) is 0.413. The first kappa shape index (κ1) is 19.7. The molecule has 0 N–H and O–H groups in total. The predicted molar refractivity (Wildman–Crippen MR) is 117 cm³/mol. The number of benzene rings is 2. The van der Waals surface area contributed by atoms with Crippen LogP contribution in [0.1, 0.15) is 12.5 Å². The number of halogens is 1. The van der Waals surface area contributed by atoms with Crippen molar-refractivity contribution in [2.75, 3.05) is 6.61 Å². The molecular weight excluding hydrogens is 411 g/mol. The van der Waals surface area contributed by atoms with Crippen molar-refractivity contribution in [3.8, 4) is 17.4 Å². The fraction of sp³-hybridized carbons (Fsp3) is 0.130. The van der Waals surface area contributed by atoms with Crippen LogP contribution in [0.5, 0.6) is 6.01 Å². The van der Waals surface area contributed by atoms with Crippen molar-refractivity contribution in [3.05, 3.63) is 95.1 Å². The second-order valence-corrected chi connectivity index (χ2v) is 7.08. The molecule has 5 rings (SSSR count). The number of hydrogen-bond donors (Lipinski definition) is 0. The van der Waals surface area contributed by atoms with Gasteiger partial charge in [-0.3, -0.25) is 4.98 Å². The molecule has 2 aromatic carbocycles. The Morgan fingerprint density at radius 3 is 2.69 bits per heavy atom. The molecule has 0 fully saturated rings. The molecular formula is C23H19FN6O2. The highest BCUT2D eigenvalue weighted by atomic mass is 19.1. The van der Waals surface area contributed by atoms with Crippen LogP contribution < -0.4 is 10.4 Å². The van der Waals surface area contributed by atoms with Gasteiger partial charge in [0.25, 0.3) is 0 Å². The number of ether oxygens (including phenoxy) is 1. The predicted octanol–water partition coefficient (Wildman–Crippen LogP) is 3.35. The average molecular weight is 430 g/mol. The third kappa shape index (κ3) is 3.43. The van der Waals surface area contributed by atoms with Crippen molar-refractivity contribution in [3.63, 3.8) is 0 Å². The normalized spacial score (nSPS) is 11.2. The van der Waals surface area contributed by atoms with Crippen LogP contribution >= 0.6 is 0 Å². The lowest BCUT2D eigenvalue weighted by Crippen LogP contribution is -2.25. The summed E-state index contributed by atoms with van der Waals surface area (Å²) in [7, 11) is 0. The number of nitrogens with zero attached hydrogens (tertiary/aromatic N) is 6. The summed E-state index contributed by atoms with van der Waals surface area (Å²) in [6.45, 7) is 2.12. The molecule has 0 spiro atoms. The zero-order chi connectivity index (χ0) is 22.1. The molecule has 9 heteroatoms. The van der Waals surface area contributed by atoms with E-state index in [0.717, 1.165) is 11.1 Å². The largest absolute Gasteiger partial charge is 0.464 e. The second kappa shape index (κ2) is 8.10. The summed E-state index contributed by atoms with van der Waals surface area (Å²) >= 11 is 0. The van der Waals surface area contributed by atoms with Gasteiger partial charge in [0.15, 0.2) is 0 Å². The number of pyridine rings is 1. The first-order chi connectivity index (χ1) is 15.7. The highest BCUT2D eigenvalue weighted by Gasteiger charge is 2.19. The van der Waals surface area contributed by atoms with Gasteiger partial charge in [-0.2, -0.15) is 9.78 Å². The smallest absolute Gasteiger partial charge is 0.353 e. The number of fused-ring (bicyclic) bond motifs is 1. The Balaban J connectivity index is 1.64. The van der Waals surface area contributed by atoms with E-state index in [1.54, 1.807) is 54.3 Å². The summed E-state index contributed by atoms with van der Waals surface area (Å²) in [5.41, 5.74) is 1.98. The maximum atomic E-state index is 14.2. The number of hydrogen-bond acceptors (Lipinski definition) is 5. The summed E-state index contributed by atoms with van der Waals surface area (Å²) in [4.78, 5) is 17.5. The van der Waals surface area contributed by atoms with Gasteiger partial charge in [0, 0.05) is 23.3 Å². The zero-order valence-corrected chi connectivity index (χ0v) is 17.2. The van der Waals surface area contributed by atoms with E-state index in [9.17, 15) is 9.18 Å². The first-order valence-electron chi connectivity index (χ1n) is 10.1. The molecule has 0 aliphatic heterocycles. The van der Waals surface area contributed by atoms with Crippen LogP contribution in [0.3, 0.4) is 0 Å². The van der Waals surface area contributed by atoms with E-state index < -0.39 is 11.5 Å². The Hall–Kier alpha value is -4.27. The van der Waals surface area contributed by atoms with Crippen molar-refractivity contribution in [1.82, 2.24) is 29.1 Å². The van der Waals surface area contributed by atoms with Gasteiger partial charge >= 0.3 is 11.7 Å². The van der Waals surface area contributed by atoms with Gasteiger partial charge in [-0.1, -0.05) is 24.3 Å². The fourth-order valence-electron chi connectivity index (χ4n) is 3.54. The van der Waals surface area contributed by atoms with Crippen LogP contribution in [-0.4, -0.2) is 35.7 Å². The fourth-order valence-corrected chi connectivity index (χ4v) is 3.54. The highest BCUT2D eigenvalue weighted by Crippen LogP contribution is 2.23. The van der Waals surface area contributed by atoms with Crippen LogP contribution in [0.4, 0.5) is 4.39 Å².